The highest BCUT2D eigenvalue weighted by Crippen LogP contribution is 2.19. The summed E-state index contributed by atoms with van der Waals surface area (Å²) in [4.78, 5) is 13.6. The molecule has 2 rings (SSSR count). The lowest BCUT2D eigenvalue weighted by Crippen LogP contribution is -1.95. The number of aromatic amines is 1. The Bertz CT molecular complexity index is 507. The summed E-state index contributed by atoms with van der Waals surface area (Å²) in [6.07, 6.45) is 2.49. The number of nitrogens with one attached hydrogen (secondary N) is 1. The van der Waals surface area contributed by atoms with Crippen molar-refractivity contribution in [3.63, 3.8) is 0 Å². The van der Waals surface area contributed by atoms with E-state index in [9.17, 15) is 4.79 Å². The molecule has 68 valence electrons. The first-order valence-electron chi connectivity index (χ1n) is 4.27. The molecule has 1 aromatic carbocycles. The Balaban J connectivity index is 2.54. The van der Waals surface area contributed by atoms with Crippen molar-refractivity contribution in [3.05, 3.63) is 36.0 Å². The van der Waals surface area contributed by atoms with Gasteiger partial charge in [-0.05, 0) is 29.1 Å². The van der Waals surface area contributed by atoms with Crippen LogP contribution < -0.4 is 0 Å². The lowest BCUT2D eigenvalue weighted by Gasteiger charge is -2.00. The Hall–Kier alpha value is -2.08. The molecule has 2 aromatic rings. The van der Waals surface area contributed by atoms with Crippen LogP contribution in [-0.4, -0.2) is 11.3 Å². The number of benzene rings is 1. The van der Waals surface area contributed by atoms with Gasteiger partial charge in [-0.3, -0.25) is 0 Å². The Kier molecular flexibility index (Phi) is 2.04. The monoisotopic (exact) mass is 184 g/mol. The first-order chi connectivity index (χ1) is 6.85. The van der Waals surface area contributed by atoms with Crippen LogP contribution in [0, 0.1) is 11.3 Å². The van der Waals surface area contributed by atoms with E-state index in [1.807, 2.05) is 30.5 Å². The van der Waals surface area contributed by atoms with Crippen LogP contribution >= 0.6 is 0 Å². The number of rotatable bonds is 2. The maximum atomic E-state index is 10.6. The van der Waals surface area contributed by atoms with Gasteiger partial charge in [-0.25, -0.2) is 0 Å². The van der Waals surface area contributed by atoms with Crippen molar-refractivity contribution in [2.24, 2.45) is 0 Å². The summed E-state index contributed by atoms with van der Waals surface area (Å²) in [5.41, 5.74) is 1.76. The molecule has 0 aliphatic carbocycles. The fourth-order valence-electron chi connectivity index (χ4n) is 1.45. The fourth-order valence-corrected chi connectivity index (χ4v) is 1.45. The maximum absolute atomic E-state index is 10.6. The molecule has 3 nitrogen and oxygen atoms in total. The lowest BCUT2D eigenvalue weighted by atomic mass is 10.0. The number of nitrogens with zero attached hydrogens (tertiary/aromatic N) is 1. The van der Waals surface area contributed by atoms with Crippen molar-refractivity contribution < 1.29 is 4.79 Å². The average Bonchev–Trinajstić information content (AvgIpc) is 2.66. The van der Waals surface area contributed by atoms with Gasteiger partial charge in [0.25, 0.3) is 0 Å². The predicted molar refractivity (Wildman–Crippen MR) is 52.7 cm³/mol. The van der Waals surface area contributed by atoms with Crippen LogP contribution in [0.25, 0.3) is 10.9 Å². The van der Waals surface area contributed by atoms with Crippen molar-refractivity contribution in [1.82, 2.24) is 4.98 Å². The summed E-state index contributed by atoms with van der Waals surface area (Å²) >= 11 is 0. The maximum Gasteiger partial charge on any atom is 0.141 e. The van der Waals surface area contributed by atoms with E-state index < -0.39 is 5.92 Å². The molecule has 0 spiro atoms. The van der Waals surface area contributed by atoms with Crippen LogP contribution in [-0.2, 0) is 4.79 Å². The third kappa shape index (κ3) is 1.27. The van der Waals surface area contributed by atoms with Crippen LogP contribution in [0.4, 0.5) is 0 Å². The Labute approximate surface area is 81.0 Å². The number of hydrogen-bond donors (Lipinski definition) is 1. The topological polar surface area (TPSA) is 56.6 Å². The number of fused-ring (bicyclic) bond motifs is 1. The van der Waals surface area contributed by atoms with Gasteiger partial charge in [0.05, 0.1) is 6.07 Å². The second-order valence-corrected chi connectivity index (χ2v) is 3.07. The Morgan fingerprint density at radius 3 is 3.00 bits per heavy atom. The molecule has 1 heterocycles. The molecule has 0 aliphatic heterocycles. The van der Waals surface area contributed by atoms with E-state index in [4.69, 9.17) is 5.26 Å². The third-order valence-corrected chi connectivity index (χ3v) is 2.21. The molecule has 0 saturated carbocycles. The molecule has 14 heavy (non-hydrogen) atoms. The minimum atomic E-state index is -0.658. The number of hydrogen-bond acceptors (Lipinski definition) is 2. The quantitative estimate of drug-likeness (QED) is 0.725. The van der Waals surface area contributed by atoms with Gasteiger partial charge in [0.2, 0.25) is 0 Å². The second-order valence-electron chi connectivity index (χ2n) is 3.07. The molecule has 1 atom stereocenters. The number of H-pyrrole nitrogens is 1. The first-order valence-corrected chi connectivity index (χ1v) is 4.27. The van der Waals surface area contributed by atoms with Gasteiger partial charge in [-0.15, -0.1) is 0 Å². The Morgan fingerprint density at radius 1 is 1.43 bits per heavy atom. The molecule has 1 N–H and O–H groups in total. The zero-order valence-corrected chi connectivity index (χ0v) is 7.40. The second kappa shape index (κ2) is 3.35. The van der Waals surface area contributed by atoms with Gasteiger partial charge >= 0.3 is 0 Å². The van der Waals surface area contributed by atoms with Crippen molar-refractivity contribution in [1.29, 1.82) is 5.26 Å². The summed E-state index contributed by atoms with van der Waals surface area (Å²) < 4.78 is 0. The fraction of sp³-hybridized carbons (Fsp3) is 0.0909. The molecular formula is C11H8N2O. The van der Waals surface area contributed by atoms with Crippen molar-refractivity contribution >= 4 is 17.2 Å². The van der Waals surface area contributed by atoms with Crippen molar-refractivity contribution in [2.45, 2.75) is 5.92 Å². The van der Waals surface area contributed by atoms with Crippen LogP contribution in [0.15, 0.2) is 30.5 Å². The summed E-state index contributed by atoms with van der Waals surface area (Å²) in [5.74, 6) is -0.658. The van der Waals surface area contributed by atoms with Crippen LogP contribution in [0.3, 0.4) is 0 Å². The summed E-state index contributed by atoms with van der Waals surface area (Å²) in [5, 5.41) is 9.73. The van der Waals surface area contributed by atoms with Crippen LogP contribution in [0.1, 0.15) is 11.5 Å². The predicted octanol–water partition coefficient (Wildman–Crippen LogP) is 1.97. The van der Waals surface area contributed by atoms with Crippen LogP contribution in [0.2, 0.25) is 0 Å². The highest BCUT2D eigenvalue weighted by molar-refractivity contribution is 5.81. The number of carbonyl (C=O) groups is 1. The first kappa shape index (κ1) is 8.52. The van der Waals surface area contributed by atoms with Gasteiger partial charge in [0, 0.05) is 11.7 Å². The minimum absolute atomic E-state index is 0.658. The molecular weight excluding hydrogens is 176 g/mol. The van der Waals surface area contributed by atoms with Gasteiger partial charge in [0.1, 0.15) is 12.2 Å². The van der Waals surface area contributed by atoms with Gasteiger partial charge in [-0.1, -0.05) is 6.07 Å². The molecule has 0 aliphatic rings. The summed E-state index contributed by atoms with van der Waals surface area (Å²) in [7, 11) is 0. The Morgan fingerprint density at radius 2 is 2.29 bits per heavy atom. The van der Waals surface area contributed by atoms with E-state index in [1.165, 1.54) is 0 Å². The summed E-state index contributed by atoms with van der Waals surface area (Å²) in [6, 6.07) is 9.38. The standard InChI is InChI=1S/C11H8N2O/c12-6-10(7-14)8-1-2-11-9(5-8)3-4-13-11/h1-5,7,10,13H. The lowest BCUT2D eigenvalue weighted by molar-refractivity contribution is -0.108. The number of aromatic nitrogens is 1. The zero-order chi connectivity index (χ0) is 9.97. The number of aldehydes is 1. The smallest absolute Gasteiger partial charge is 0.141 e. The number of carbonyl (C=O) groups excluding carboxylic acids is 1. The molecule has 1 unspecified atom stereocenters. The van der Waals surface area contributed by atoms with E-state index in [0.29, 0.717) is 6.29 Å². The average molecular weight is 184 g/mol. The van der Waals surface area contributed by atoms with Gasteiger partial charge in [0.15, 0.2) is 0 Å². The largest absolute Gasteiger partial charge is 0.361 e. The molecule has 0 radical (unpaired) electrons. The SMILES string of the molecule is N#CC(C=O)c1ccc2[nH]ccc2c1. The molecule has 0 fully saturated rings. The van der Waals surface area contributed by atoms with Crippen molar-refractivity contribution in [2.75, 3.05) is 0 Å². The van der Waals surface area contributed by atoms with Gasteiger partial charge < -0.3 is 9.78 Å². The van der Waals surface area contributed by atoms with Crippen LogP contribution in [0.5, 0.6) is 0 Å². The van der Waals surface area contributed by atoms with E-state index in [2.05, 4.69) is 4.98 Å². The highest BCUT2D eigenvalue weighted by atomic mass is 16.1. The van der Waals surface area contributed by atoms with Crippen molar-refractivity contribution in [3.8, 4) is 6.07 Å². The number of nitriles is 1. The van der Waals surface area contributed by atoms with E-state index in [0.717, 1.165) is 16.5 Å². The van der Waals surface area contributed by atoms with E-state index in [-0.39, 0.29) is 0 Å². The van der Waals surface area contributed by atoms with E-state index >= 15 is 0 Å². The minimum Gasteiger partial charge on any atom is -0.361 e. The molecule has 3 heteroatoms. The molecule has 0 bridgehead atoms. The zero-order valence-electron chi connectivity index (χ0n) is 7.40. The highest BCUT2D eigenvalue weighted by Gasteiger charge is 2.08. The molecule has 0 saturated heterocycles. The van der Waals surface area contributed by atoms with E-state index in [1.54, 1.807) is 6.07 Å². The van der Waals surface area contributed by atoms with Gasteiger partial charge in [-0.2, -0.15) is 5.26 Å². The molecule has 1 aromatic heterocycles. The molecule has 0 amide bonds. The third-order valence-electron chi connectivity index (χ3n) is 2.21. The summed E-state index contributed by atoms with van der Waals surface area (Å²) in [6.45, 7) is 0. The normalized spacial score (nSPS) is 12.2.